The van der Waals surface area contributed by atoms with Crippen LogP contribution in [-0.2, 0) is 9.53 Å². The van der Waals surface area contributed by atoms with Crippen LogP contribution in [0, 0.1) is 5.41 Å². The van der Waals surface area contributed by atoms with Crippen molar-refractivity contribution in [2.75, 3.05) is 20.3 Å². The topological polar surface area (TPSA) is 87.7 Å². The Balaban J connectivity index is 2.49. The summed E-state index contributed by atoms with van der Waals surface area (Å²) in [7, 11) is 1.65. The maximum Gasteiger partial charge on any atom is 0.329 e. The minimum Gasteiger partial charge on any atom is -0.480 e. The van der Waals surface area contributed by atoms with Crippen molar-refractivity contribution in [1.29, 1.82) is 0 Å². The summed E-state index contributed by atoms with van der Waals surface area (Å²) in [6.07, 6.45) is 4.54. The van der Waals surface area contributed by atoms with Crippen molar-refractivity contribution in [3.8, 4) is 0 Å². The molecule has 2 amide bonds. The predicted octanol–water partition coefficient (Wildman–Crippen LogP) is 2.14. The van der Waals surface area contributed by atoms with Crippen LogP contribution in [0.4, 0.5) is 4.79 Å². The standard InChI is InChI=1S/C15H28N2O4/c1-14(2,9-10-21-3)11-16-13(20)17-15(12(18)19)7-5-4-6-8-15/h4-11H2,1-3H3,(H,18,19)(H2,16,17,20). The van der Waals surface area contributed by atoms with E-state index < -0.39 is 17.5 Å². The Morgan fingerprint density at radius 3 is 2.38 bits per heavy atom. The lowest BCUT2D eigenvalue weighted by molar-refractivity contribution is -0.145. The van der Waals surface area contributed by atoms with Crippen molar-refractivity contribution in [3.63, 3.8) is 0 Å². The molecule has 1 fully saturated rings. The van der Waals surface area contributed by atoms with Crippen LogP contribution < -0.4 is 10.6 Å². The third-order valence-electron chi connectivity index (χ3n) is 4.18. The third-order valence-corrected chi connectivity index (χ3v) is 4.18. The average molecular weight is 300 g/mol. The molecule has 1 aliphatic carbocycles. The second kappa shape index (κ2) is 7.64. The summed E-state index contributed by atoms with van der Waals surface area (Å²) in [5.74, 6) is -0.934. The zero-order chi connectivity index (χ0) is 15.9. The van der Waals surface area contributed by atoms with Crippen LogP contribution in [0.15, 0.2) is 0 Å². The van der Waals surface area contributed by atoms with Crippen molar-refractivity contribution in [2.45, 2.75) is 57.9 Å². The van der Waals surface area contributed by atoms with Gasteiger partial charge in [-0.05, 0) is 24.7 Å². The SMILES string of the molecule is COCCC(C)(C)CNC(=O)NC1(C(=O)O)CCCCC1. The lowest BCUT2D eigenvalue weighted by atomic mass is 9.82. The van der Waals surface area contributed by atoms with E-state index in [1.807, 2.05) is 13.8 Å². The maximum atomic E-state index is 12.0. The fourth-order valence-corrected chi connectivity index (χ4v) is 2.60. The second-order valence-corrected chi connectivity index (χ2v) is 6.66. The van der Waals surface area contributed by atoms with Crippen LogP contribution in [0.1, 0.15) is 52.4 Å². The number of aliphatic carboxylic acids is 1. The van der Waals surface area contributed by atoms with E-state index in [0.29, 0.717) is 26.0 Å². The number of carbonyl (C=O) groups excluding carboxylic acids is 1. The molecular weight excluding hydrogens is 272 g/mol. The van der Waals surface area contributed by atoms with Crippen LogP contribution >= 0.6 is 0 Å². The van der Waals surface area contributed by atoms with Crippen molar-refractivity contribution in [2.24, 2.45) is 5.41 Å². The van der Waals surface area contributed by atoms with E-state index in [4.69, 9.17) is 4.74 Å². The molecule has 0 aromatic rings. The monoisotopic (exact) mass is 300 g/mol. The zero-order valence-electron chi connectivity index (χ0n) is 13.3. The molecule has 0 aromatic heterocycles. The van der Waals surface area contributed by atoms with Gasteiger partial charge in [-0.15, -0.1) is 0 Å². The van der Waals surface area contributed by atoms with Gasteiger partial charge < -0.3 is 20.5 Å². The van der Waals surface area contributed by atoms with Crippen LogP contribution in [0.3, 0.4) is 0 Å². The van der Waals surface area contributed by atoms with E-state index in [0.717, 1.165) is 25.7 Å². The quantitative estimate of drug-likeness (QED) is 0.672. The summed E-state index contributed by atoms with van der Waals surface area (Å²) >= 11 is 0. The molecule has 0 aliphatic heterocycles. The number of rotatable bonds is 7. The van der Waals surface area contributed by atoms with Crippen LogP contribution in [-0.4, -0.2) is 42.9 Å². The fraction of sp³-hybridized carbons (Fsp3) is 0.867. The first kappa shape index (κ1) is 17.8. The molecule has 0 radical (unpaired) electrons. The Morgan fingerprint density at radius 1 is 1.24 bits per heavy atom. The Kier molecular flexibility index (Phi) is 6.45. The summed E-state index contributed by atoms with van der Waals surface area (Å²) in [6.45, 7) is 5.20. The Bertz CT molecular complexity index is 363. The number of hydrogen-bond acceptors (Lipinski definition) is 3. The van der Waals surface area contributed by atoms with Crippen molar-refractivity contribution >= 4 is 12.0 Å². The number of carboxylic acid groups (broad SMARTS) is 1. The Hall–Kier alpha value is -1.30. The van der Waals surface area contributed by atoms with Crippen molar-refractivity contribution in [3.05, 3.63) is 0 Å². The average Bonchev–Trinajstić information content (AvgIpc) is 2.44. The lowest BCUT2D eigenvalue weighted by Gasteiger charge is -2.34. The van der Waals surface area contributed by atoms with Crippen molar-refractivity contribution in [1.82, 2.24) is 10.6 Å². The summed E-state index contributed by atoms with van der Waals surface area (Å²) in [5, 5.41) is 14.9. The van der Waals surface area contributed by atoms with Crippen LogP contribution in [0.25, 0.3) is 0 Å². The first-order valence-corrected chi connectivity index (χ1v) is 7.60. The summed E-state index contributed by atoms with van der Waals surface area (Å²) < 4.78 is 5.05. The van der Waals surface area contributed by atoms with E-state index in [9.17, 15) is 14.7 Å². The van der Waals surface area contributed by atoms with Gasteiger partial charge in [-0.3, -0.25) is 0 Å². The van der Waals surface area contributed by atoms with Gasteiger partial charge in [0.05, 0.1) is 0 Å². The van der Waals surface area contributed by atoms with Crippen LogP contribution in [0.2, 0.25) is 0 Å². The van der Waals surface area contributed by atoms with Gasteiger partial charge in [0, 0.05) is 20.3 Å². The molecule has 0 heterocycles. The first-order valence-electron chi connectivity index (χ1n) is 7.60. The minimum absolute atomic E-state index is 0.0870. The molecule has 0 aromatic carbocycles. The third kappa shape index (κ3) is 5.53. The first-order chi connectivity index (χ1) is 9.81. The van der Waals surface area contributed by atoms with Crippen LogP contribution in [0.5, 0.6) is 0 Å². The highest BCUT2D eigenvalue weighted by molar-refractivity contribution is 5.86. The number of ether oxygens (including phenoxy) is 1. The Labute approximate surface area is 126 Å². The second-order valence-electron chi connectivity index (χ2n) is 6.66. The molecule has 0 atom stereocenters. The smallest absolute Gasteiger partial charge is 0.329 e. The number of nitrogens with one attached hydrogen (secondary N) is 2. The van der Waals surface area contributed by atoms with Gasteiger partial charge in [0.1, 0.15) is 5.54 Å². The molecule has 0 bridgehead atoms. The molecule has 6 heteroatoms. The summed E-state index contributed by atoms with van der Waals surface area (Å²) in [6, 6.07) is -0.398. The fourth-order valence-electron chi connectivity index (χ4n) is 2.60. The van der Waals surface area contributed by atoms with E-state index in [2.05, 4.69) is 10.6 Å². The van der Waals surface area contributed by atoms with Gasteiger partial charge in [0.15, 0.2) is 0 Å². The van der Waals surface area contributed by atoms with E-state index in [-0.39, 0.29) is 5.41 Å². The highest BCUT2D eigenvalue weighted by Gasteiger charge is 2.41. The largest absolute Gasteiger partial charge is 0.480 e. The number of carbonyl (C=O) groups is 2. The van der Waals surface area contributed by atoms with Gasteiger partial charge >= 0.3 is 12.0 Å². The van der Waals surface area contributed by atoms with Gasteiger partial charge in [-0.2, -0.15) is 0 Å². The van der Waals surface area contributed by atoms with Gasteiger partial charge in [-0.25, -0.2) is 9.59 Å². The number of methoxy groups -OCH3 is 1. The molecule has 0 spiro atoms. The molecule has 3 N–H and O–H groups in total. The Morgan fingerprint density at radius 2 is 1.86 bits per heavy atom. The minimum atomic E-state index is -1.10. The molecule has 1 rings (SSSR count). The molecule has 1 aliphatic rings. The highest BCUT2D eigenvalue weighted by atomic mass is 16.5. The molecule has 0 unspecified atom stereocenters. The summed E-state index contributed by atoms with van der Waals surface area (Å²) in [5.41, 5.74) is -1.19. The van der Waals surface area contributed by atoms with Gasteiger partial charge in [0.25, 0.3) is 0 Å². The van der Waals surface area contributed by atoms with Gasteiger partial charge in [0.2, 0.25) is 0 Å². The number of hydrogen-bond donors (Lipinski definition) is 3. The summed E-state index contributed by atoms with van der Waals surface area (Å²) in [4.78, 5) is 23.5. The van der Waals surface area contributed by atoms with E-state index in [1.54, 1.807) is 7.11 Å². The molecule has 21 heavy (non-hydrogen) atoms. The van der Waals surface area contributed by atoms with Crippen molar-refractivity contribution < 1.29 is 19.4 Å². The normalized spacial score (nSPS) is 18.0. The molecule has 6 nitrogen and oxygen atoms in total. The van der Waals surface area contributed by atoms with E-state index in [1.165, 1.54) is 0 Å². The van der Waals surface area contributed by atoms with Gasteiger partial charge in [-0.1, -0.05) is 33.1 Å². The molecule has 1 saturated carbocycles. The number of carboxylic acids is 1. The molecule has 122 valence electrons. The predicted molar refractivity (Wildman–Crippen MR) is 80.3 cm³/mol. The zero-order valence-corrected chi connectivity index (χ0v) is 13.3. The molecular formula is C15H28N2O4. The maximum absolute atomic E-state index is 12.0. The highest BCUT2D eigenvalue weighted by Crippen LogP contribution is 2.28. The molecule has 0 saturated heterocycles. The van der Waals surface area contributed by atoms with E-state index >= 15 is 0 Å². The number of amides is 2. The lowest BCUT2D eigenvalue weighted by Crippen LogP contribution is -2.58. The number of urea groups is 1.